The molecule has 2 aliphatic rings. The Morgan fingerprint density at radius 3 is 2.26 bits per heavy atom. The lowest BCUT2D eigenvalue weighted by molar-refractivity contribution is 0.294. The molecule has 1 saturated heterocycles. The molecular formula is C24H27N3. The molecule has 138 valence electrons. The molecule has 1 unspecified atom stereocenters. The van der Waals surface area contributed by atoms with E-state index in [1.54, 1.807) is 0 Å². The Bertz CT molecular complexity index is 888. The normalized spacial score (nSPS) is 19.4. The number of nitrogens with zero attached hydrogens (tertiary/aromatic N) is 2. The van der Waals surface area contributed by atoms with E-state index in [9.17, 15) is 0 Å². The first-order valence-corrected chi connectivity index (χ1v) is 9.71. The van der Waals surface area contributed by atoms with Gasteiger partial charge in [-0.05, 0) is 61.1 Å². The van der Waals surface area contributed by atoms with Crippen LogP contribution in [0.2, 0.25) is 0 Å². The van der Waals surface area contributed by atoms with Crippen molar-refractivity contribution in [2.75, 3.05) is 6.54 Å². The van der Waals surface area contributed by atoms with Gasteiger partial charge in [-0.3, -0.25) is 9.89 Å². The van der Waals surface area contributed by atoms with Crippen LogP contribution < -0.4 is 5.73 Å². The summed E-state index contributed by atoms with van der Waals surface area (Å²) in [5.74, 6) is 0. The summed E-state index contributed by atoms with van der Waals surface area (Å²) in [6.45, 7) is 8.02. The minimum absolute atomic E-state index is 0.504. The molecule has 2 aromatic carbocycles. The van der Waals surface area contributed by atoms with Crippen LogP contribution in [0.25, 0.3) is 5.70 Å². The van der Waals surface area contributed by atoms with Crippen LogP contribution in [0.15, 0.2) is 71.9 Å². The summed E-state index contributed by atoms with van der Waals surface area (Å²) in [6, 6.07) is 17.9. The average molecular weight is 358 g/mol. The molecule has 27 heavy (non-hydrogen) atoms. The predicted octanol–water partition coefficient (Wildman–Crippen LogP) is 4.53. The van der Waals surface area contributed by atoms with Gasteiger partial charge >= 0.3 is 0 Å². The fraction of sp³-hybridized carbons (Fsp3) is 0.292. The lowest BCUT2D eigenvalue weighted by Gasteiger charge is -2.27. The van der Waals surface area contributed by atoms with Crippen LogP contribution in [-0.2, 0) is 13.0 Å². The summed E-state index contributed by atoms with van der Waals surface area (Å²) in [4.78, 5) is 7.16. The van der Waals surface area contributed by atoms with Gasteiger partial charge in [-0.2, -0.15) is 0 Å². The van der Waals surface area contributed by atoms with E-state index in [1.807, 2.05) is 12.1 Å². The van der Waals surface area contributed by atoms with Crippen molar-refractivity contribution in [3.8, 4) is 0 Å². The largest absolute Gasteiger partial charge is 0.399 e. The highest BCUT2D eigenvalue weighted by Crippen LogP contribution is 2.26. The number of allylic oxidation sites excluding steroid dienone is 1. The zero-order valence-electron chi connectivity index (χ0n) is 16.0. The molecule has 2 aromatic rings. The second kappa shape index (κ2) is 7.53. The maximum atomic E-state index is 5.74. The van der Waals surface area contributed by atoms with Gasteiger partial charge in [-0.25, -0.2) is 0 Å². The number of aliphatic imine (C=N–C) groups is 1. The van der Waals surface area contributed by atoms with Crippen molar-refractivity contribution < 1.29 is 0 Å². The van der Waals surface area contributed by atoms with Gasteiger partial charge in [0.15, 0.2) is 0 Å². The molecule has 1 atom stereocenters. The Hall–Kier alpha value is -2.65. The minimum atomic E-state index is 0.504. The molecule has 0 aromatic heterocycles. The smallest absolute Gasteiger partial charge is 0.0596 e. The number of benzene rings is 2. The van der Waals surface area contributed by atoms with E-state index in [0.717, 1.165) is 30.8 Å². The number of nitrogens with two attached hydrogens (primary N) is 1. The van der Waals surface area contributed by atoms with Gasteiger partial charge < -0.3 is 5.73 Å². The molecule has 0 bridgehead atoms. The van der Waals surface area contributed by atoms with Crippen molar-refractivity contribution in [3.63, 3.8) is 0 Å². The summed E-state index contributed by atoms with van der Waals surface area (Å²) in [6.07, 6.45) is 5.66. The number of hydrogen-bond donors (Lipinski definition) is 1. The number of rotatable bonds is 6. The minimum Gasteiger partial charge on any atom is -0.399 e. The van der Waals surface area contributed by atoms with Crippen molar-refractivity contribution in [1.82, 2.24) is 4.90 Å². The van der Waals surface area contributed by atoms with Crippen LogP contribution in [0.1, 0.15) is 42.0 Å². The summed E-state index contributed by atoms with van der Waals surface area (Å²) < 4.78 is 0. The monoisotopic (exact) mass is 357 g/mol. The van der Waals surface area contributed by atoms with E-state index in [0.29, 0.717) is 11.7 Å². The molecule has 1 fully saturated rings. The summed E-state index contributed by atoms with van der Waals surface area (Å²) in [5.41, 5.74) is 13.8. The fourth-order valence-corrected chi connectivity index (χ4v) is 4.01. The lowest BCUT2D eigenvalue weighted by atomic mass is 10.0. The van der Waals surface area contributed by atoms with E-state index in [1.165, 1.54) is 35.2 Å². The molecule has 0 amide bonds. The van der Waals surface area contributed by atoms with Gasteiger partial charge in [0, 0.05) is 17.9 Å². The SMILES string of the molecule is C=C(N)c1ccc(Cc2ccc(CN3CCCC3C3=NC(C)=C3)cc2)cc1. The fourth-order valence-electron chi connectivity index (χ4n) is 4.01. The Morgan fingerprint density at radius 2 is 1.67 bits per heavy atom. The molecule has 2 N–H and O–H groups in total. The Balaban J connectivity index is 1.37. The third-order valence-corrected chi connectivity index (χ3v) is 5.51. The Morgan fingerprint density at radius 1 is 1.07 bits per heavy atom. The lowest BCUT2D eigenvalue weighted by Crippen LogP contribution is -2.36. The molecular weight excluding hydrogens is 330 g/mol. The molecule has 2 heterocycles. The van der Waals surface area contributed by atoms with Crippen LogP contribution in [0.3, 0.4) is 0 Å². The zero-order chi connectivity index (χ0) is 18.8. The first kappa shape index (κ1) is 17.7. The highest BCUT2D eigenvalue weighted by Gasteiger charge is 2.29. The van der Waals surface area contributed by atoms with Gasteiger partial charge in [0.05, 0.1) is 11.8 Å². The summed E-state index contributed by atoms with van der Waals surface area (Å²) >= 11 is 0. The van der Waals surface area contributed by atoms with Crippen molar-refractivity contribution in [1.29, 1.82) is 0 Å². The third-order valence-electron chi connectivity index (χ3n) is 5.51. The van der Waals surface area contributed by atoms with Crippen LogP contribution in [-0.4, -0.2) is 23.2 Å². The molecule has 0 saturated carbocycles. The van der Waals surface area contributed by atoms with Crippen LogP contribution >= 0.6 is 0 Å². The molecule has 3 nitrogen and oxygen atoms in total. The topological polar surface area (TPSA) is 41.6 Å². The van der Waals surface area contributed by atoms with Gasteiger partial charge in [-0.1, -0.05) is 55.1 Å². The molecule has 2 aliphatic heterocycles. The van der Waals surface area contributed by atoms with E-state index in [-0.39, 0.29) is 0 Å². The third kappa shape index (κ3) is 4.04. The van der Waals surface area contributed by atoms with E-state index in [4.69, 9.17) is 5.73 Å². The average Bonchev–Trinajstić information content (AvgIpc) is 3.09. The zero-order valence-corrected chi connectivity index (χ0v) is 16.0. The van der Waals surface area contributed by atoms with Crippen molar-refractivity contribution in [3.05, 3.63) is 89.1 Å². The summed E-state index contributed by atoms with van der Waals surface area (Å²) in [5, 5.41) is 0. The van der Waals surface area contributed by atoms with Crippen molar-refractivity contribution in [2.24, 2.45) is 10.7 Å². The Kier molecular flexibility index (Phi) is 4.95. The van der Waals surface area contributed by atoms with Crippen molar-refractivity contribution in [2.45, 2.75) is 38.8 Å². The quantitative estimate of drug-likeness (QED) is 0.825. The number of hydrogen-bond acceptors (Lipinski definition) is 3. The van der Waals surface area contributed by atoms with Gasteiger partial charge in [0.2, 0.25) is 0 Å². The standard InChI is InChI=1S/C24H27N3/c1-17-14-23(26-17)24-4-3-13-27(24)16-21-7-5-19(6-8-21)15-20-9-11-22(12-10-20)18(2)25/h5-12,14,24H,2-4,13,15-16,25H2,1H3. The molecule has 0 radical (unpaired) electrons. The van der Waals surface area contributed by atoms with E-state index in [2.05, 4.69) is 65.9 Å². The van der Waals surface area contributed by atoms with Crippen LogP contribution in [0.4, 0.5) is 0 Å². The molecule has 0 aliphatic carbocycles. The highest BCUT2D eigenvalue weighted by molar-refractivity contribution is 6.04. The van der Waals surface area contributed by atoms with Crippen LogP contribution in [0.5, 0.6) is 0 Å². The highest BCUT2D eigenvalue weighted by atomic mass is 15.2. The molecule has 4 rings (SSSR count). The second-order valence-corrected chi connectivity index (χ2v) is 7.67. The Labute approximate surface area is 161 Å². The molecule has 0 spiro atoms. The second-order valence-electron chi connectivity index (χ2n) is 7.67. The van der Waals surface area contributed by atoms with Gasteiger partial charge in [-0.15, -0.1) is 0 Å². The summed E-state index contributed by atoms with van der Waals surface area (Å²) in [7, 11) is 0. The first-order chi connectivity index (χ1) is 13.1. The first-order valence-electron chi connectivity index (χ1n) is 9.71. The van der Waals surface area contributed by atoms with E-state index >= 15 is 0 Å². The maximum Gasteiger partial charge on any atom is 0.0596 e. The van der Waals surface area contributed by atoms with Crippen molar-refractivity contribution >= 4 is 11.4 Å². The van der Waals surface area contributed by atoms with Gasteiger partial charge in [0.25, 0.3) is 0 Å². The predicted molar refractivity (Wildman–Crippen MR) is 114 cm³/mol. The van der Waals surface area contributed by atoms with E-state index < -0.39 is 0 Å². The number of likely N-dealkylation sites (tertiary alicyclic amines) is 1. The van der Waals surface area contributed by atoms with Crippen LogP contribution in [0, 0.1) is 0 Å². The maximum absolute atomic E-state index is 5.74. The molecule has 3 heteroatoms. The van der Waals surface area contributed by atoms with Gasteiger partial charge in [0.1, 0.15) is 0 Å².